The van der Waals surface area contributed by atoms with E-state index in [1.807, 2.05) is 0 Å². The first kappa shape index (κ1) is 19.2. The van der Waals surface area contributed by atoms with Crippen LogP contribution in [0.2, 0.25) is 0 Å². The molecule has 0 amide bonds. The lowest BCUT2D eigenvalue weighted by Gasteiger charge is -2.29. The van der Waals surface area contributed by atoms with E-state index in [1.54, 1.807) is 13.0 Å². The molecule has 0 fully saturated rings. The highest BCUT2D eigenvalue weighted by Crippen LogP contribution is 2.64. The molecule has 1 rings (SSSR count). The Morgan fingerprint density at radius 1 is 1.41 bits per heavy atom. The normalized spacial score (nSPS) is 20.0. The zero-order valence-corrected chi connectivity index (χ0v) is 14.1. The fourth-order valence-corrected chi connectivity index (χ4v) is 3.82. The number of ketones is 1. The highest BCUT2D eigenvalue weighted by Gasteiger charge is 2.53. The van der Waals surface area contributed by atoms with Gasteiger partial charge in [0.05, 0.1) is 13.2 Å². The third-order valence-corrected chi connectivity index (χ3v) is 5.75. The fourth-order valence-electron chi connectivity index (χ4n) is 2.29. The van der Waals surface area contributed by atoms with Gasteiger partial charge in [-0.25, -0.2) is 0 Å². The van der Waals surface area contributed by atoms with Crippen molar-refractivity contribution in [2.45, 2.75) is 45.7 Å². The molecule has 0 unspecified atom stereocenters. The van der Waals surface area contributed by atoms with Gasteiger partial charge in [0.25, 0.3) is 0 Å². The lowest BCUT2D eigenvalue weighted by Crippen LogP contribution is -2.24. The summed E-state index contributed by atoms with van der Waals surface area (Å²) in [5.41, 5.74) is -2.82. The molecule has 0 N–H and O–H groups in total. The molecule has 0 saturated carbocycles. The van der Waals surface area contributed by atoms with E-state index in [-0.39, 0.29) is 36.9 Å². The number of allylic oxidation sites excluding steroid dienone is 3. The van der Waals surface area contributed by atoms with Crippen molar-refractivity contribution in [2.75, 3.05) is 13.2 Å². The van der Waals surface area contributed by atoms with Crippen LogP contribution < -0.4 is 0 Å². The Morgan fingerprint density at radius 3 is 2.41 bits per heavy atom. The molecule has 0 aromatic rings. The lowest BCUT2D eigenvalue weighted by atomic mass is 9.83. The van der Waals surface area contributed by atoms with Crippen molar-refractivity contribution in [1.29, 1.82) is 0 Å². The third-order valence-electron chi connectivity index (χ3n) is 3.60. The minimum absolute atomic E-state index is 0.0708. The Labute approximate surface area is 130 Å². The number of rotatable bonds is 8. The number of carbonyl (C=O) groups excluding carboxylic acids is 1. The first-order chi connectivity index (χ1) is 10.2. The summed E-state index contributed by atoms with van der Waals surface area (Å²) in [5.74, 6) is -0.433. The van der Waals surface area contributed by atoms with Crippen molar-refractivity contribution in [1.82, 2.24) is 0 Å². The second kappa shape index (κ2) is 7.62. The zero-order chi connectivity index (χ0) is 17.0. The minimum Gasteiger partial charge on any atom is -0.305 e. The van der Waals surface area contributed by atoms with Gasteiger partial charge in [0.1, 0.15) is 0 Å². The molecule has 1 atom stereocenters. The van der Waals surface area contributed by atoms with Gasteiger partial charge < -0.3 is 9.05 Å². The van der Waals surface area contributed by atoms with E-state index in [0.717, 1.165) is 0 Å². The topological polar surface area (TPSA) is 52.6 Å². The van der Waals surface area contributed by atoms with E-state index < -0.39 is 19.7 Å². The molecule has 0 saturated heterocycles. The largest absolute Gasteiger partial charge is 0.399 e. The summed E-state index contributed by atoms with van der Waals surface area (Å²) in [6, 6.07) is 0. The van der Waals surface area contributed by atoms with Crippen LogP contribution in [0.25, 0.3) is 0 Å². The Morgan fingerprint density at radius 2 is 1.95 bits per heavy atom. The predicted octanol–water partition coefficient (Wildman–Crippen LogP) is 4.72. The molecule has 0 spiro atoms. The van der Waals surface area contributed by atoms with Gasteiger partial charge in [0.2, 0.25) is 0 Å². The lowest BCUT2D eigenvalue weighted by molar-refractivity contribution is -0.116. The predicted molar refractivity (Wildman–Crippen MR) is 81.1 cm³/mol. The van der Waals surface area contributed by atoms with Crippen LogP contribution in [-0.4, -0.2) is 24.7 Å². The number of hydrogen-bond donors (Lipinski definition) is 0. The van der Waals surface area contributed by atoms with E-state index in [1.165, 1.54) is 13.8 Å². The maximum absolute atomic E-state index is 14.4. The number of hydrogen-bond acceptors (Lipinski definition) is 4. The van der Waals surface area contributed by atoms with Gasteiger partial charge in [-0.3, -0.25) is 9.36 Å². The van der Waals surface area contributed by atoms with Gasteiger partial charge in [0.15, 0.2) is 5.78 Å². The first-order valence-corrected chi connectivity index (χ1v) is 8.85. The summed E-state index contributed by atoms with van der Waals surface area (Å²) in [6.45, 7) is 8.05. The van der Waals surface area contributed by atoms with Gasteiger partial charge in [-0.2, -0.15) is 8.78 Å². The number of Topliss-reactive ketones (excluding diaryl/α,β-unsaturated/α-hetero) is 1. The van der Waals surface area contributed by atoms with E-state index in [2.05, 4.69) is 6.58 Å². The number of halogens is 2. The smallest absolute Gasteiger partial charge is 0.305 e. The molecule has 0 heterocycles. The summed E-state index contributed by atoms with van der Waals surface area (Å²) in [5, 5.41) is 0. The van der Waals surface area contributed by atoms with Crippen LogP contribution in [0.4, 0.5) is 8.78 Å². The van der Waals surface area contributed by atoms with Crippen molar-refractivity contribution in [3.8, 4) is 0 Å². The second-order valence-corrected chi connectivity index (χ2v) is 7.45. The molecule has 7 heteroatoms. The molecule has 0 aromatic heterocycles. The van der Waals surface area contributed by atoms with E-state index in [4.69, 9.17) is 9.05 Å². The molecule has 0 bridgehead atoms. The van der Waals surface area contributed by atoms with E-state index in [0.29, 0.717) is 12.0 Å². The fraction of sp³-hybridized carbons (Fsp3) is 0.667. The average Bonchev–Trinajstić information content (AvgIpc) is 2.41. The number of carbonyl (C=O) groups is 1. The summed E-state index contributed by atoms with van der Waals surface area (Å²) < 4.78 is 50.4. The van der Waals surface area contributed by atoms with Crippen LogP contribution in [-0.2, 0) is 18.4 Å². The Kier molecular flexibility index (Phi) is 6.65. The van der Waals surface area contributed by atoms with Crippen LogP contribution in [0.3, 0.4) is 0 Å². The van der Waals surface area contributed by atoms with Crippen molar-refractivity contribution < 1.29 is 27.2 Å². The highest BCUT2D eigenvalue weighted by atomic mass is 31.2. The van der Waals surface area contributed by atoms with Gasteiger partial charge in [-0.1, -0.05) is 18.2 Å². The molecule has 126 valence electrons. The zero-order valence-electron chi connectivity index (χ0n) is 13.2. The Hall–Kier alpha value is -0.840. The Bertz CT molecular complexity index is 504. The maximum Gasteiger partial charge on any atom is 0.399 e. The van der Waals surface area contributed by atoms with Crippen LogP contribution in [0.1, 0.15) is 40.0 Å². The second-order valence-electron chi connectivity index (χ2n) is 5.28. The first-order valence-electron chi connectivity index (χ1n) is 7.31. The van der Waals surface area contributed by atoms with Crippen LogP contribution in [0, 0.1) is 5.92 Å². The number of alkyl halides is 2. The van der Waals surface area contributed by atoms with E-state index in [9.17, 15) is 18.1 Å². The quantitative estimate of drug-likeness (QED) is 0.475. The van der Waals surface area contributed by atoms with Crippen LogP contribution in [0.15, 0.2) is 23.8 Å². The third kappa shape index (κ3) is 4.34. The molecule has 1 aliphatic rings. The summed E-state index contributed by atoms with van der Waals surface area (Å²) in [7, 11) is -4.55. The molecular weight excluding hydrogens is 313 g/mol. The van der Waals surface area contributed by atoms with Crippen LogP contribution >= 0.6 is 7.60 Å². The van der Waals surface area contributed by atoms with Crippen molar-refractivity contribution in [2.24, 2.45) is 5.92 Å². The minimum atomic E-state index is -4.55. The Balaban J connectivity index is 2.84. The van der Waals surface area contributed by atoms with Gasteiger partial charge in [-0.15, -0.1) is 0 Å². The van der Waals surface area contributed by atoms with Crippen molar-refractivity contribution in [3.63, 3.8) is 0 Å². The molecule has 1 aliphatic carbocycles. The highest BCUT2D eigenvalue weighted by molar-refractivity contribution is 7.55. The molecule has 0 radical (unpaired) electrons. The maximum atomic E-state index is 14.4. The van der Waals surface area contributed by atoms with E-state index >= 15 is 0 Å². The summed E-state index contributed by atoms with van der Waals surface area (Å²) in [6.07, 6.45) is 1.56. The average molecular weight is 336 g/mol. The van der Waals surface area contributed by atoms with Gasteiger partial charge in [0, 0.05) is 12.8 Å². The summed E-state index contributed by atoms with van der Waals surface area (Å²) in [4.78, 5) is 11.7. The van der Waals surface area contributed by atoms with Gasteiger partial charge >= 0.3 is 13.3 Å². The molecule has 0 aromatic carbocycles. The molecule has 4 nitrogen and oxygen atoms in total. The van der Waals surface area contributed by atoms with Crippen molar-refractivity contribution in [3.05, 3.63) is 23.8 Å². The molecule has 22 heavy (non-hydrogen) atoms. The molecule has 0 aliphatic heterocycles. The summed E-state index contributed by atoms with van der Waals surface area (Å²) >= 11 is 0. The molecular formula is C15H23F2O4P. The van der Waals surface area contributed by atoms with Crippen molar-refractivity contribution >= 4 is 13.4 Å². The monoisotopic (exact) mass is 336 g/mol. The van der Waals surface area contributed by atoms with Crippen LogP contribution in [0.5, 0.6) is 0 Å². The van der Waals surface area contributed by atoms with Gasteiger partial charge in [-0.05, 0) is 38.7 Å². The standard InChI is InChI=1S/C15H23F2O4P/c1-5-20-22(19,21-6-2)15(16,17)10-12(4)13-8-7-11(3)14(18)9-13/h7,13H,4-6,8-10H2,1-3H3/t13-/m1/s1. The SMILES string of the molecule is C=C(CC(F)(F)P(=O)(OCC)OCC)[C@@H]1CC=C(C)C(=O)C1.